The Hall–Kier alpha value is -1.20. The quantitative estimate of drug-likeness (QED) is 0.798. The molecule has 3 heterocycles. The average Bonchev–Trinajstić information content (AvgIpc) is 2.83. The Balaban J connectivity index is 0.000000847. The van der Waals surface area contributed by atoms with Gasteiger partial charge in [-0.3, -0.25) is 0 Å². The van der Waals surface area contributed by atoms with Crippen LogP contribution in [-0.2, 0) is 16.1 Å². The highest BCUT2D eigenvalue weighted by Gasteiger charge is 2.30. The van der Waals surface area contributed by atoms with Gasteiger partial charge in [0.2, 0.25) is 0 Å². The van der Waals surface area contributed by atoms with Gasteiger partial charge in [0.1, 0.15) is 11.6 Å². The van der Waals surface area contributed by atoms with Crippen LogP contribution in [0.3, 0.4) is 0 Å². The second kappa shape index (κ2) is 7.88. The molecule has 0 spiro atoms. The van der Waals surface area contributed by atoms with Gasteiger partial charge in [-0.25, -0.2) is 9.97 Å². The molecule has 0 aliphatic carbocycles. The number of hydrogen-bond acceptors (Lipinski definition) is 5. The van der Waals surface area contributed by atoms with Gasteiger partial charge in [0, 0.05) is 18.7 Å². The molecule has 0 N–H and O–H groups in total. The smallest absolute Gasteiger partial charge is 0.138 e. The van der Waals surface area contributed by atoms with Crippen molar-refractivity contribution in [3.05, 3.63) is 17.1 Å². The van der Waals surface area contributed by atoms with Crippen LogP contribution in [-0.4, -0.2) is 42.4 Å². The van der Waals surface area contributed by atoms with E-state index in [4.69, 9.17) is 14.5 Å². The minimum absolute atomic E-state index is 0.271. The molecular formula is C17H29N3O2. The lowest BCUT2D eigenvalue weighted by Crippen LogP contribution is -2.40. The van der Waals surface area contributed by atoms with Crippen LogP contribution in [0.5, 0.6) is 0 Å². The number of fused-ring (bicyclic) bond motifs is 3. The minimum atomic E-state index is 0.271. The first-order valence-electron chi connectivity index (χ1n) is 8.46. The van der Waals surface area contributed by atoms with Crippen LogP contribution >= 0.6 is 0 Å². The Kier molecular flexibility index (Phi) is 6.15. The number of ether oxygens (including phenoxy) is 2. The van der Waals surface area contributed by atoms with Crippen molar-refractivity contribution in [3.8, 4) is 0 Å². The molecule has 22 heavy (non-hydrogen) atoms. The standard InChI is InChI=1S/C15H23N3O2.C2H6/c1-10(2)14-13-9-20-8-12-7-19-6-4-5-18(12)15(13)17-11(3)16-14;1-2/h10,12H,4-9H2,1-3H3;1-2H3. The fraction of sp³-hybridized carbons (Fsp3) is 0.765. The number of aromatic nitrogens is 2. The van der Waals surface area contributed by atoms with E-state index in [0.29, 0.717) is 19.1 Å². The van der Waals surface area contributed by atoms with Gasteiger partial charge in [0.05, 0.1) is 31.6 Å². The Bertz CT molecular complexity index is 491. The summed E-state index contributed by atoms with van der Waals surface area (Å²) in [4.78, 5) is 11.7. The van der Waals surface area contributed by atoms with Crippen molar-refractivity contribution in [2.45, 2.75) is 59.6 Å². The van der Waals surface area contributed by atoms with Crippen LogP contribution in [0.1, 0.15) is 57.1 Å². The molecule has 1 atom stereocenters. The molecule has 2 aliphatic rings. The molecule has 5 heteroatoms. The monoisotopic (exact) mass is 307 g/mol. The number of nitrogens with zero attached hydrogens (tertiary/aromatic N) is 3. The van der Waals surface area contributed by atoms with Crippen molar-refractivity contribution < 1.29 is 9.47 Å². The summed E-state index contributed by atoms with van der Waals surface area (Å²) in [7, 11) is 0. The molecule has 0 radical (unpaired) electrons. The molecule has 1 aromatic heterocycles. The van der Waals surface area contributed by atoms with Gasteiger partial charge < -0.3 is 14.4 Å². The SMILES string of the molecule is CC.Cc1nc(C(C)C)c2c(n1)N1CCCOCC1COC2. The fourth-order valence-electron chi connectivity index (χ4n) is 3.00. The second-order valence-electron chi connectivity index (χ2n) is 5.90. The highest BCUT2D eigenvalue weighted by molar-refractivity contribution is 5.51. The van der Waals surface area contributed by atoms with E-state index in [1.54, 1.807) is 0 Å². The van der Waals surface area contributed by atoms with Gasteiger partial charge in [0.25, 0.3) is 0 Å². The fourth-order valence-corrected chi connectivity index (χ4v) is 3.00. The van der Waals surface area contributed by atoms with Crippen LogP contribution in [0.4, 0.5) is 5.82 Å². The lowest BCUT2D eigenvalue weighted by Gasteiger charge is -2.29. The number of rotatable bonds is 1. The highest BCUT2D eigenvalue weighted by Crippen LogP contribution is 2.31. The zero-order valence-electron chi connectivity index (χ0n) is 14.6. The van der Waals surface area contributed by atoms with Crippen molar-refractivity contribution in [1.29, 1.82) is 0 Å². The largest absolute Gasteiger partial charge is 0.379 e. The van der Waals surface area contributed by atoms with Gasteiger partial charge in [-0.1, -0.05) is 27.7 Å². The summed E-state index contributed by atoms with van der Waals surface area (Å²) in [5.74, 6) is 2.29. The van der Waals surface area contributed by atoms with E-state index >= 15 is 0 Å². The third-order valence-electron chi connectivity index (χ3n) is 3.94. The maximum Gasteiger partial charge on any atom is 0.138 e. The first-order chi connectivity index (χ1) is 10.7. The number of anilines is 1. The molecule has 0 bridgehead atoms. The zero-order chi connectivity index (χ0) is 16.1. The first-order valence-corrected chi connectivity index (χ1v) is 8.46. The summed E-state index contributed by atoms with van der Waals surface area (Å²) < 4.78 is 11.6. The summed E-state index contributed by atoms with van der Waals surface area (Å²) >= 11 is 0. The van der Waals surface area contributed by atoms with E-state index in [2.05, 4.69) is 23.7 Å². The molecule has 3 rings (SSSR count). The lowest BCUT2D eigenvalue weighted by atomic mass is 10.0. The van der Waals surface area contributed by atoms with E-state index < -0.39 is 0 Å². The van der Waals surface area contributed by atoms with Crippen molar-refractivity contribution in [1.82, 2.24) is 9.97 Å². The highest BCUT2D eigenvalue weighted by atomic mass is 16.5. The Morgan fingerprint density at radius 2 is 1.86 bits per heavy atom. The van der Waals surface area contributed by atoms with Crippen molar-refractivity contribution in [2.24, 2.45) is 0 Å². The Labute approximate surface area is 134 Å². The normalized spacial score (nSPS) is 21.2. The summed E-state index contributed by atoms with van der Waals surface area (Å²) in [5, 5.41) is 0. The molecule has 2 aliphatic heterocycles. The van der Waals surface area contributed by atoms with Crippen LogP contribution in [0.25, 0.3) is 0 Å². The van der Waals surface area contributed by atoms with E-state index in [0.717, 1.165) is 49.1 Å². The molecular weight excluding hydrogens is 278 g/mol. The van der Waals surface area contributed by atoms with Gasteiger partial charge in [-0.2, -0.15) is 0 Å². The average molecular weight is 307 g/mol. The first kappa shape index (κ1) is 17.2. The molecule has 5 nitrogen and oxygen atoms in total. The second-order valence-corrected chi connectivity index (χ2v) is 5.90. The molecule has 1 aromatic rings. The Morgan fingerprint density at radius 3 is 2.59 bits per heavy atom. The van der Waals surface area contributed by atoms with Crippen molar-refractivity contribution in [2.75, 3.05) is 31.3 Å². The van der Waals surface area contributed by atoms with Crippen molar-refractivity contribution in [3.63, 3.8) is 0 Å². The van der Waals surface area contributed by atoms with Crippen LogP contribution in [0.2, 0.25) is 0 Å². The minimum Gasteiger partial charge on any atom is -0.379 e. The van der Waals surface area contributed by atoms with Gasteiger partial charge in [-0.15, -0.1) is 0 Å². The maximum atomic E-state index is 5.88. The van der Waals surface area contributed by atoms with Crippen LogP contribution in [0.15, 0.2) is 0 Å². The summed E-state index contributed by atoms with van der Waals surface area (Å²) in [6, 6.07) is 0.271. The van der Waals surface area contributed by atoms with Crippen LogP contribution in [0, 0.1) is 6.92 Å². The van der Waals surface area contributed by atoms with E-state index in [1.807, 2.05) is 20.8 Å². The van der Waals surface area contributed by atoms with E-state index in [-0.39, 0.29) is 6.04 Å². The van der Waals surface area contributed by atoms with Crippen molar-refractivity contribution >= 4 is 5.82 Å². The molecule has 124 valence electrons. The Morgan fingerprint density at radius 1 is 1.14 bits per heavy atom. The predicted octanol–water partition coefficient (Wildman–Crippen LogP) is 3.06. The van der Waals surface area contributed by atoms with E-state index in [1.165, 1.54) is 0 Å². The van der Waals surface area contributed by atoms with Gasteiger partial charge in [0.15, 0.2) is 0 Å². The summed E-state index contributed by atoms with van der Waals surface area (Å²) in [5.41, 5.74) is 2.29. The third-order valence-corrected chi connectivity index (χ3v) is 3.94. The maximum absolute atomic E-state index is 5.88. The number of aryl methyl sites for hydroxylation is 1. The summed E-state index contributed by atoms with van der Waals surface area (Å²) in [6.07, 6.45) is 1.04. The van der Waals surface area contributed by atoms with Gasteiger partial charge in [-0.05, 0) is 19.3 Å². The summed E-state index contributed by atoms with van der Waals surface area (Å²) in [6.45, 7) is 14.2. The van der Waals surface area contributed by atoms with E-state index in [9.17, 15) is 0 Å². The predicted molar refractivity (Wildman–Crippen MR) is 88.4 cm³/mol. The lowest BCUT2D eigenvalue weighted by molar-refractivity contribution is 0.0727. The molecule has 1 fully saturated rings. The molecule has 0 saturated carbocycles. The molecule has 1 unspecified atom stereocenters. The third kappa shape index (κ3) is 3.58. The molecule has 0 amide bonds. The van der Waals surface area contributed by atoms with Crippen LogP contribution < -0.4 is 4.90 Å². The zero-order valence-corrected chi connectivity index (χ0v) is 14.6. The number of hydrogen-bond donors (Lipinski definition) is 0. The molecule has 0 aromatic carbocycles. The van der Waals surface area contributed by atoms with Gasteiger partial charge >= 0.3 is 0 Å². The topological polar surface area (TPSA) is 47.5 Å². The molecule has 1 saturated heterocycles.